The quantitative estimate of drug-likeness (QED) is 0.683. The highest BCUT2D eigenvalue weighted by Crippen LogP contribution is 2.21. The molecule has 0 aromatic carbocycles. The van der Waals surface area contributed by atoms with Crippen molar-refractivity contribution in [2.75, 3.05) is 19.6 Å². The molecule has 2 heterocycles. The molecule has 1 aromatic rings. The van der Waals surface area contributed by atoms with Crippen molar-refractivity contribution in [3.63, 3.8) is 0 Å². The second-order valence-corrected chi connectivity index (χ2v) is 3.73. The molecule has 6 nitrogen and oxygen atoms in total. The van der Waals surface area contributed by atoms with Crippen LogP contribution in [0.25, 0.3) is 0 Å². The van der Waals surface area contributed by atoms with Gasteiger partial charge in [-0.2, -0.15) is 0 Å². The summed E-state index contributed by atoms with van der Waals surface area (Å²) < 4.78 is 1.81. The first kappa shape index (κ1) is 10.1. The lowest BCUT2D eigenvalue weighted by Crippen LogP contribution is -2.28. The van der Waals surface area contributed by atoms with Gasteiger partial charge >= 0.3 is 5.97 Å². The maximum atomic E-state index is 10.5. The number of hydrogen-bond donors (Lipinski definition) is 2. The summed E-state index contributed by atoms with van der Waals surface area (Å²) in [5, 5.41) is 18.4. The molecule has 1 fully saturated rings. The Kier molecular flexibility index (Phi) is 2.70. The Hall–Kier alpha value is -1.40. The highest BCUT2D eigenvalue weighted by molar-refractivity contribution is 5.69. The van der Waals surface area contributed by atoms with Gasteiger partial charge in [-0.15, -0.1) is 0 Å². The molecule has 0 saturated carbocycles. The van der Waals surface area contributed by atoms with Gasteiger partial charge in [0.25, 0.3) is 0 Å². The zero-order valence-corrected chi connectivity index (χ0v) is 8.15. The third-order valence-corrected chi connectivity index (χ3v) is 2.60. The molecule has 2 rings (SSSR count). The predicted molar refractivity (Wildman–Crippen MR) is 51.3 cm³/mol. The molecule has 1 saturated heterocycles. The van der Waals surface area contributed by atoms with E-state index in [0.29, 0.717) is 13.1 Å². The van der Waals surface area contributed by atoms with Gasteiger partial charge in [-0.3, -0.25) is 9.69 Å². The molecule has 0 amide bonds. The Bertz CT molecular complexity index is 338. The number of hydrogen-bond acceptors (Lipinski definition) is 4. The Balaban J connectivity index is 2.01. The maximum Gasteiger partial charge on any atom is 0.317 e. The molecule has 82 valence electrons. The van der Waals surface area contributed by atoms with E-state index in [2.05, 4.69) is 4.98 Å². The minimum absolute atomic E-state index is 0.0255. The van der Waals surface area contributed by atoms with Gasteiger partial charge in [0.15, 0.2) is 0 Å². The number of aromatic nitrogens is 2. The zero-order valence-electron chi connectivity index (χ0n) is 8.15. The molecular formula is C9H13N3O3. The van der Waals surface area contributed by atoms with E-state index in [0.717, 1.165) is 0 Å². The first-order chi connectivity index (χ1) is 7.16. The van der Waals surface area contributed by atoms with E-state index < -0.39 is 12.1 Å². The Morgan fingerprint density at radius 2 is 2.33 bits per heavy atom. The van der Waals surface area contributed by atoms with E-state index in [1.54, 1.807) is 23.6 Å². The fourth-order valence-electron chi connectivity index (χ4n) is 1.93. The minimum Gasteiger partial charge on any atom is -0.480 e. The van der Waals surface area contributed by atoms with Crippen LogP contribution in [0.15, 0.2) is 18.7 Å². The highest BCUT2D eigenvalue weighted by Gasteiger charge is 2.32. The summed E-state index contributed by atoms with van der Waals surface area (Å²) in [6.45, 7) is 0.918. The van der Waals surface area contributed by atoms with Crippen LogP contribution in [0.4, 0.5) is 0 Å². The van der Waals surface area contributed by atoms with E-state index in [4.69, 9.17) is 5.11 Å². The average Bonchev–Trinajstić information content (AvgIpc) is 2.72. The van der Waals surface area contributed by atoms with Gasteiger partial charge in [0.2, 0.25) is 0 Å². The molecule has 0 spiro atoms. The van der Waals surface area contributed by atoms with Gasteiger partial charge < -0.3 is 14.8 Å². The van der Waals surface area contributed by atoms with Gasteiger partial charge in [0.1, 0.15) is 0 Å². The van der Waals surface area contributed by atoms with Crippen LogP contribution in [0.2, 0.25) is 0 Å². The summed E-state index contributed by atoms with van der Waals surface area (Å²) in [6.07, 6.45) is 4.53. The SMILES string of the molecule is O=C(O)CN1C[C@H](O)[C@@H](n2ccnc2)C1. The number of nitrogens with zero attached hydrogens (tertiary/aromatic N) is 3. The topological polar surface area (TPSA) is 78.6 Å². The molecule has 6 heteroatoms. The fourth-order valence-corrected chi connectivity index (χ4v) is 1.93. The summed E-state index contributed by atoms with van der Waals surface area (Å²) in [6, 6.07) is -0.0909. The lowest BCUT2D eigenvalue weighted by Gasteiger charge is -2.14. The molecule has 1 aliphatic rings. The highest BCUT2D eigenvalue weighted by atomic mass is 16.4. The van der Waals surface area contributed by atoms with Crippen LogP contribution in [0.5, 0.6) is 0 Å². The third kappa shape index (κ3) is 2.16. The van der Waals surface area contributed by atoms with Crippen LogP contribution in [-0.2, 0) is 4.79 Å². The molecule has 2 N–H and O–H groups in total. The number of aliphatic hydroxyl groups is 1. The molecule has 1 aromatic heterocycles. The number of carboxylic acids is 1. The van der Waals surface area contributed by atoms with Crippen LogP contribution < -0.4 is 0 Å². The first-order valence-corrected chi connectivity index (χ1v) is 4.76. The zero-order chi connectivity index (χ0) is 10.8. The second kappa shape index (κ2) is 4.00. The van der Waals surface area contributed by atoms with Gasteiger partial charge in [0.05, 0.1) is 25.0 Å². The van der Waals surface area contributed by atoms with Crippen LogP contribution in [0.1, 0.15) is 6.04 Å². The predicted octanol–water partition coefficient (Wildman–Crippen LogP) is -0.815. The molecule has 0 radical (unpaired) electrons. The van der Waals surface area contributed by atoms with Crippen molar-refractivity contribution in [1.29, 1.82) is 0 Å². The van der Waals surface area contributed by atoms with E-state index >= 15 is 0 Å². The van der Waals surface area contributed by atoms with Gasteiger partial charge in [-0.1, -0.05) is 0 Å². The van der Waals surface area contributed by atoms with Crippen molar-refractivity contribution >= 4 is 5.97 Å². The Morgan fingerprint density at radius 3 is 2.93 bits per heavy atom. The number of aliphatic hydroxyl groups excluding tert-OH is 1. The molecule has 15 heavy (non-hydrogen) atoms. The van der Waals surface area contributed by atoms with Crippen molar-refractivity contribution in [3.05, 3.63) is 18.7 Å². The van der Waals surface area contributed by atoms with Crippen LogP contribution in [0, 0.1) is 0 Å². The van der Waals surface area contributed by atoms with Crippen molar-refractivity contribution < 1.29 is 15.0 Å². The number of aliphatic carboxylic acids is 1. The standard InChI is InChI=1S/C9H13N3O3/c13-8-4-11(5-9(14)15)3-7(8)12-2-1-10-6-12/h1-2,6-8,13H,3-5H2,(H,14,15)/t7-,8-/m0/s1. The minimum atomic E-state index is -0.867. The number of β-amino-alcohol motifs (C(OH)–C–C–N with tert-alkyl or cyclic N) is 1. The summed E-state index contributed by atoms with van der Waals surface area (Å²) >= 11 is 0. The molecule has 0 bridgehead atoms. The number of likely N-dealkylation sites (tertiary alicyclic amines) is 1. The van der Waals surface area contributed by atoms with E-state index in [1.165, 1.54) is 0 Å². The van der Waals surface area contributed by atoms with E-state index in [1.807, 2.05) is 4.57 Å². The van der Waals surface area contributed by atoms with Gasteiger partial charge in [0, 0.05) is 25.5 Å². The fraction of sp³-hybridized carbons (Fsp3) is 0.556. The second-order valence-electron chi connectivity index (χ2n) is 3.73. The first-order valence-electron chi connectivity index (χ1n) is 4.76. The summed E-state index contributed by atoms with van der Waals surface area (Å²) in [5.74, 6) is -0.867. The molecule has 2 atom stereocenters. The number of carboxylic acid groups (broad SMARTS) is 1. The lowest BCUT2D eigenvalue weighted by atomic mass is 10.2. The summed E-state index contributed by atoms with van der Waals surface area (Å²) in [5.41, 5.74) is 0. The van der Waals surface area contributed by atoms with Crippen molar-refractivity contribution in [2.24, 2.45) is 0 Å². The van der Waals surface area contributed by atoms with Crippen molar-refractivity contribution in [2.45, 2.75) is 12.1 Å². The van der Waals surface area contributed by atoms with Crippen LogP contribution in [0.3, 0.4) is 0 Å². The third-order valence-electron chi connectivity index (χ3n) is 2.60. The van der Waals surface area contributed by atoms with Crippen molar-refractivity contribution in [1.82, 2.24) is 14.5 Å². The largest absolute Gasteiger partial charge is 0.480 e. The average molecular weight is 211 g/mol. The Morgan fingerprint density at radius 1 is 1.53 bits per heavy atom. The summed E-state index contributed by atoms with van der Waals surface area (Å²) in [4.78, 5) is 16.1. The monoisotopic (exact) mass is 211 g/mol. The molecule has 0 unspecified atom stereocenters. The number of imidazole rings is 1. The molecule has 0 aliphatic carbocycles. The number of rotatable bonds is 3. The Labute approximate surface area is 86.8 Å². The van der Waals surface area contributed by atoms with E-state index in [9.17, 15) is 9.90 Å². The van der Waals surface area contributed by atoms with Gasteiger partial charge in [-0.05, 0) is 0 Å². The number of carbonyl (C=O) groups is 1. The normalized spacial score (nSPS) is 27.0. The van der Waals surface area contributed by atoms with Crippen molar-refractivity contribution in [3.8, 4) is 0 Å². The molecule has 1 aliphatic heterocycles. The molecular weight excluding hydrogens is 198 g/mol. The van der Waals surface area contributed by atoms with Gasteiger partial charge in [-0.25, -0.2) is 4.98 Å². The van der Waals surface area contributed by atoms with Crippen LogP contribution >= 0.6 is 0 Å². The maximum absolute atomic E-state index is 10.5. The summed E-state index contributed by atoms with van der Waals surface area (Å²) in [7, 11) is 0. The lowest BCUT2D eigenvalue weighted by molar-refractivity contribution is -0.138. The smallest absolute Gasteiger partial charge is 0.317 e. The van der Waals surface area contributed by atoms with E-state index in [-0.39, 0.29) is 12.6 Å². The van der Waals surface area contributed by atoms with Crippen LogP contribution in [-0.4, -0.2) is 56.4 Å².